The van der Waals surface area contributed by atoms with Crippen molar-refractivity contribution in [3.8, 4) is 0 Å². The Bertz CT molecular complexity index is 409. The van der Waals surface area contributed by atoms with Gasteiger partial charge in [-0.05, 0) is 6.07 Å². The first-order chi connectivity index (χ1) is 5.61. The zero-order valence-electron chi connectivity index (χ0n) is 5.97. The van der Waals surface area contributed by atoms with Crippen LogP contribution in [0.3, 0.4) is 0 Å². The van der Waals surface area contributed by atoms with Gasteiger partial charge in [0.2, 0.25) is 6.29 Å². The smallest absolute Gasteiger partial charge is 0.300 e. The van der Waals surface area contributed by atoms with Crippen molar-refractivity contribution in [1.29, 1.82) is 0 Å². The monoisotopic (exact) mass is 186 g/mol. The molecule has 0 saturated carbocycles. The zero-order valence-corrected chi connectivity index (χ0v) is 6.78. The predicted octanol–water partition coefficient (Wildman–Crippen LogP) is 0.396. The minimum atomic E-state index is -3.70. The van der Waals surface area contributed by atoms with Crippen LogP contribution in [0, 0.1) is 0 Å². The molecular weight excluding hydrogens is 180 g/mol. The summed E-state index contributed by atoms with van der Waals surface area (Å²) in [6, 6.07) is 6.15. The molecule has 1 atom stereocenters. The predicted molar refractivity (Wildman–Crippen MR) is 39.7 cm³/mol. The van der Waals surface area contributed by atoms with Gasteiger partial charge in [-0.3, -0.25) is 0 Å². The summed E-state index contributed by atoms with van der Waals surface area (Å²) in [7, 11) is -3.70. The first-order valence-corrected chi connectivity index (χ1v) is 4.72. The van der Waals surface area contributed by atoms with E-state index in [2.05, 4.69) is 4.18 Å². The van der Waals surface area contributed by atoms with Crippen LogP contribution in [0.4, 0.5) is 0 Å². The van der Waals surface area contributed by atoms with Gasteiger partial charge in [0.1, 0.15) is 4.90 Å². The van der Waals surface area contributed by atoms with Gasteiger partial charge >= 0.3 is 0 Å². The minimum absolute atomic E-state index is 0.0532. The van der Waals surface area contributed by atoms with E-state index in [1.807, 2.05) is 0 Å². The Balaban J connectivity index is 2.74. The Morgan fingerprint density at radius 2 is 2.00 bits per heavy atom. The van der Waals surface area contributed by atoms with Crippen LogP contribution >= 0.6 is 0 Å². The zero-order chi connectivity index (χ0) is 8.77. The molecule has 0 saturated heterocycles. The lowest BCUT2D eigenvalue weighted by molar-refractivity contribution is -0.00509. The normalized spacial score (nSPS) is 25.2. The van der Waals surface area contributed by atoms with Crippen LogP contribution < -0.4 is 0 Å². The molecule has 0 amide bonds. The molecule has 2 rings (SSSR count). The fourth-order valence-electron chi connectivity index (χ4n) is 1.14. The van der Waals surface area contributed by atoms with Crippen LogP contribution in [0.2, 0.25) is 0 Å². The van der Waals surface area contributed by atoms with E-state index in [4.69, 9.17) is 5.11 Å². The maximum Gasteiger partial charge on any atom is 0.300 e. The standard InChI is InChI=1S/C7H6O4S/c8-7-5-3-1-2-4-6(5)12(9,10)11-7/h1-4,7-8H. The molecule has 64 valence electrons. The molecule has 0 aromatic heterocycles. The van der Waals surface area contributed by atoms with Gasteiger partial charge in [0, 0.05) is 5.56 Å². The molecule has 0 radical (unpaired) electrons. The summed E-state index contributed by atoms with van der Waals surface area (Å²) in [5, 5.41) is 9.12. The van der Waals surface area contributed by atoms with Crippen molar-refractivity contribution < 1.29 is 17.7 Å². The number of fused-ring (bicyclic) bond motifs is 1. The summed E-state index contributed by atoms with van der Waals surface area (Å²) >= 11 is 0. The maximum absolute atomic E-state index is 11.1. The number of rotatable bonds is 0. The Morgan fingerprint density at radius 3 is 2.67 bits per heavy atom. The molecule has 5 heteroatoms. The molecule has 1 aromatic rings. The molecule has 0 aliphatic carbocycles. The van der Waals surface area contributed by atoms with Gasteiger partial charge in [0.05, 0.1) is 0 Å². The highest BCUT2D eigenvalue weighted by atomic mass is 32.2. The van der Waals surface area contributed by atoms with E-state index in [-0.39, 0.29) is 4.90 Å². The summed E-state index contributed by atoms with van der Waals surface area (Å²) in [5.41, 5.74) is 0.303. The van der Waals surface area contributed by atoms with E-state index < -0.39 is 16.4 Å². The van der Waals surface area contributed by atoms with Gasteiger partial charge in [-0.15, -0.1) is 0 Å². The second-order valence-corrected chi connectivity index (χ2v) is 3.98. The molecule has 1 unspecified atom stereocenters. The van der Waals surface area contributed by atoms with E-state index in [1.165, 1.54) is 12.1 Å². The largest absolute Gasteiger partial charge is 0.363 e. The highest BCUT2D eigenvalue weighted by Gasteiger charge is 2.33. The second kappa shape index (κ2) is 2.29. The van der Waals surface area contributed by atoms with Gasteiger partial charge in [0.25, 0.3) is 10.1 Å². The molecule has 1 aromatic carbocycles. The average molecular weight is 186 g/mol. The number of aliphatic hydroxyl groups is 1. The van der Waals surface area contributed by atoms with Crippen molar-refractivity contribution in [2.75, 3.05) is 0 Å². The van der Waals surface area contributed by atoms with Crippen molar-refractivity contribution in [3.63, 3.8) is 0 Å². The fraction of sp³-hybridized carbons (Fsp3) is 0.143. The Hall–Kier alpha value is -0.910. The Labute approximate surface area is 69.5 Å². The van der Waals surface area contributed by atoms with Crippen molar-refractivity contribution in [3.05, 3.63) is 29.8 Å². The molecule has 1 heterocycles. The quantitative estimate of drug-likeness (QED) is 0.595. The van der Waals surface area contributed by atoms with Gasteiger partial charge < -0.3 is 5.11 Å². The van der Waals surface area contributed by atoms with Crippen LogP contribution in [0.15, 0.2) is 29.2 Å². The first kappa shape index (κ1) is 7.72. The molecule has 12 heavy (non-hydrogen) atoms. The fourth-order valence-corrected chi connectivity index (χ4v) is 2.29. The van der Waals surface area contributed by atoms with E-state index in [0.29, 0.717) is 5.56 Å². The van der Waals surface area contributed by atoms with E-state index in [1.54, 1.807) is 12.1 Å². The van der Waals surface area contributed by atoms with Gasteiger partial charge in [0.15, 0.2) is 0 Å². The second-order valence-electron chi connectivity index (χ2n) is 2.44. The molecule has 1 aliphatic rings. The molecule has 4 nitrogen and oxygen atoms in total. The summed E-state index contributed by atoms with van der Waals surface area (Å²) in [6.07, 6.45) is -1.34. The molecular formula is C7H6O4S. The summed E-state index contributed by atoms with van der Waals surface area (Å²) in [4.78, 5) is 0.0532. The van der Waals surface area contributed by atoms with Crippen molar-refractivity contribution >= 4 is 10.1 Å². The van der Waals surface area contributed by atoms with Crippen molar-refractivity contribution in [1.82, 2.24) is 0 Å². The van der Waals surface area contributed by atoms with E-state index >= 15 is 0 Å². The lowest BCUT2D eigenvalue weighted by atomic mass is 10.2. The van der Waals surface area contributed by atoms with Crippen LogP contribution in [0.25, 0.3) is 0 Å². The van der Waals surface area contributed by atoms with Crippen LogP contribution in [-0.2, 0) is 14.3 Å². The Kier molecular flexibility index (Phi) is 1.47. The van der Waals surface area contributed by atoms with Crippen molar-refractivity contribution in [2.45, 2.75) is 11.2 Å². The molecule has 0 spiro atoms. The SMILES string of the molecule is O=S1(=O)OC(O)c2ccccc21. The highest BCUT2D eigenvalue weighted by Crippen LogP contribution is 2.33. The lowest BCUT2D eigenvalue weighted by Gasteiger charge is -1.96. The third-order valence-electron chi connectivity index (χ3n) is 1.67. The van der Waals surface area contributed by atoms with Crippen LogP contribution in [-0.4, -0.2) is 13.5 Å². The third-order valence-corrected chi connectivity index (χ3v) is 3.02. The Morgan fingerprint density at radius 1 is 1.33 bits per heavy atom. The molecule has 0 bridgehead atoms. The lowest BCUT2D eigenvalue weighted by Crippen LogP contribution is -1.98. The number of aliphatic hydroxyl groups excluding tert-OH is 1. The molecule has 0 fully saturated rings. The van der Waals surface area contributed by atoms with Gasteiger partial charge in [-0.1, -0.05) is 18.2 Å². The summed E-state index contributed by atoms with van der Waals surface area (Å²) < 4.78 is 26.5. The average Bonchev–Trinajstić information content (AvgIpc) is 2.25. The van der Waals surface area contributed by atoms with E-state index in [9.17, 15) is 8.42 Å². The van der Waals surface area contributed by atoms with E-state index in [0.717, 1.165) is 0 Å². The molecule has 1 aliphatic heterocycles. The van der Waals surface area contributed by atoms with Gasteiger partial charge in [-0.25, -0.2) is 4.18 Å². The van der Waals surface area contributed by atoms with Gasteiger partial charge in [-0.2, -0.15) is 8.42 Å². The third kappa shape index (κ3) is 0.945. The first-order valence-electron chi connectivity index (χ1n) is 3.31. The maximum atomic E-state index is 11.1. The molecule has 1 N–H and O–H groups in total. The van der Waals surface area contributed by atoms with Crippen LogP contribution in [0.5, 0.6) is 0 Å². The summed E-state index contributed by atoms with van der Waals surface area (Å²) in [6.45, 7) is 0. The topological polar surface area (TPSA) is 63.6 Å². The summed E-state index contributed by atoms with van der Waals surface area (Å²) in [5.74, 6) is 0. The van der Waals surface area contributed by atoms with Crippen LogP contribution in [0.1, 0.15) is 11.9 Å². The highest BCUT2D eigenvalue weighted by molar-refractivity contribution is 7.87. The number of benzene rings is 1. The minimum Gasteiger partial charge on any atom is -0.363 e. The number of hydrogen-bond acceptors (Lipinski definition) is 4. The van der Waals surface area contributed by atoms with Crippen molar-refractivity contribution in [2.24, 2.45) is 0 Å². The number of hydrogen-bond donors (Lipinski definition) is 1.